The summed E-state index contributed by atoms with van der Waals surface area (Å²) in [6.07, 6.45) is -51.4. The zero-order valence-corrected chi connectivity index (χ0v) is 27.4. The molecule has 25 heteroatoms. The van der Waals surface area contributed by atoms with E-state index in [-0.39, 0.29) is 0 Å². The summed E-state index contributed by atoms with van der Waals surface area (Å²) in [6.45, 7) is 2.86. The SMILES string of the molecule is C=C(/C=C(\C=C\C(F)(F)F)C(F)(F)F)S(c1cc(C(F)(F)F)cc(C(F)(F)F)c1)(c1cc(C(F)(F)F)cc(C(F)(F)F)c1)c1cc(C(F)(F)F)cc(C(F)(F)F)c1. The van der Waals surface area contributed by atoms with Crippen LogP contribution in [0.15, 0.2) is 105 Å². The lowest BCUT2D eigenvalue weighted by Gasteiger charge is -2.44. The van der Waals surface area contributed by atoms with Gasteiger partial charge in [0.25, 0.3) is 0 Å². The van der Waals surface area contributed by atoms with E-state index in [0.717, 1.165) is 0 Å². The Labute approximate surface area is 303 Å². The molecule has 0 N–H and O–H groups in total. The number of allylic oxidation sites excluding steroid dienone is 4. The lowest BCUT2D eigenvalue weighted by Crippen LogP contribution is -2.18. The Morgan fingerprint density at radius 2 is 0.614 bits per heavy atom. The van der Waals surface area contributed by atoms with Crippen LogP contribution in [0.2, 0.25) is 0 Å². The van der Waals surface area contributed by atoms with Crippen LogP contribution in [0.5, 0.6) is 0 Å². The van der Waals surface area contributed by atoms with E-state index in [0.29, 0.717) is 0 Å². The summed E-state index contributed by atoms with van der Waals surface area (Å²) in [5.74, 6) is 0. The second-order valence-electron chi connectivity index (χ2n) is 11.3. The molecule has 316 valence electrons. The van der Waals surface area contributed by atoms with Gasteiger partial charge in [0, 0.05) is 20.8 Å². The first kappa shape index (κ1) is 46.9. The fourth-order valence-corrected chi connectivity index (χ4v) is 8.69. The summed E-state index contributed by atoms with van der Waals surface area (Å²) in [7, 11) is -6.00. The number of alkyl halides is 24. The minimum Gasteiger partial charge on any atom is -0.167 e. The van der Waals surface area contributed by atoms with Crippen LogP contribution >= 0.6 is 10.0 Å². The highest BCUT2D eigenvalue weighted by Gasteiger charge is 2.47. The molecule has 0 spiro atoms. The van der Waals surface area contributed by atoms with E-state index in [4.69, 9.17) is 0 Å². The zero-order valence-electron chi connectivity index (χ0n) is 26.6. The predicted molar refractivity (Wildman–Crippen MR) is 150 cm³/mol. The van der Waals surface area contributed by atoms with Crippen LogP contribution in [0.1, 0.15) is 33.4 Å². The summed E-state index contributed by atoms with van der Waals surface area (Å²) >= 11 is 0. The van der Waals surface area contributed by atoms with Gasteiger partial charge >= 0.3 is 49.4 Å². The highest BCUT2D eigenvalue weighted by molar-refractivity contribution is 8.37. The molecule has 0 fully saturated rings. The molecule has 0 heterocycles. The maximum atomic E-state index is 14.2. The zero-order chi connectivity index (χ0) is 44.3. The van der Waals surface area contributed by atoms with E-state index in [1.54, 1.807) is 0 Å². The van der Waals surface area contributed by atoms with Gasteiger partial charge in [-0.1, -0.05) is 6.58 Å². The van der Waals surface area contributed by atoms with Crippen molar-refractivity contribution in [2.24, 2.45) is 0 Å². The Morgan fingerprint density at radius 1 is 0.386 bits per heavy atom. The predicted octanol–water partition coefficient (Wildman–Crippen LogP) is 15.2. The van der Waals surface area contributed by atoms with Crippen LogP contribution < -0.4 is 0 Å². The minimum absolute atomic E-state index is 0.635. The molecule has 0 aliphatic heterocycles. The van der Waals surface area contributed by atoms with Gasteiger partial charge in [-0.3, -0.25) is 0 Å². The number of rotatable bonds is 6. The molecular formula is C32H14F24S. The third-order valence-electron chi connectivity index (χ3n) is 7.23. The largest absolute Gasteiger partial charge is 0.416 e. The smallest absolute Gasteiger partial charge is 0.167 e. The van der Waals surface area contributed by atoms with Gasteiger partial charge in [0.15, 0.2) is 0 Å². The van der Waals surface area contributed by atoms with E-state index >= 15 is 0 Å². The van der Waals surface area contributed by atoms with Crippen molar-refractivity contribution in [3.8, 4) is 0 Å². The van der Waals surface area contributed by atoms with Gasteiger partial charge in [-0.25, -0.2) is 0 Å². The molecule has 0 unspecified atom stereocenters. The van der Waals surface area contributed by atoms with E-state index in [9.17, 15) is 105 Å². The molecule has 57 heavy (non-hydrogen) atoms. The Kier molecular flexibility index (Phi) is 12.1. The average Bonchev–Trinajstić information content (AvgIpc) is 2.99. The highest BCUT2D eigenvalue weighted by Crippen LogP contribution is 2.75. The third-order valence-corrected chi connectivity index (χ3v) is 11.0. The maximum Gasteiger partial charge on any atom is 0.416 e. The fourth-order valence-electron chi connectivity index (χ4n) is 4.84. The topological polar surface area (TPSA) is 0 Å². The molecule has 0 atom stereocenters. The van der Waals surface area contributed by atoms with Crippen LogP contribution in [0.25, 0.3) is 0 Å². The van der Waals surface area contributed by atoms with Gasteiger partial charge in [-0.2, -0.15) is 105 Å². The van der Waals surface area contributed by atoms with Gasteiger partial charge < -0.3 is 0 Å². The number of hydrogen-bond acceptors (Lipinski definition) is 0. The first-order valence-corrected chi connectivity index (χ1v) is 15.8. The van der Waals surface area contributed by atoms with E-state index in [1.165, 1.54) is 0 Å². The quantitative estimate of drug-likeness (QED) is 0.171. The van der Waals surface area contributed by atoms with Gasteiger partial charge in [0.05, 0.1) is 39.0 Å². The summed E-state index contributed by atoms with van der Waals surface area (Å²) in [5.41, 5.74) is -18.4. The molecule has 0 amide bonds. The number of halogens is 24. The molecule has 0 aliphatic carbocycles. The molecular weight excluding hydrogens is 872 g/mol. The Morgan fingerprint density at radius 3 is 0.789 bits per heavy atom. The van der Waals surface area contributed by atoms with Crippen LogP contribution in [-0.4, -0.2) is 12.4 Å². The van der Waals surface area contributed by atoms with Crippen molar-refractivity contribution < 1.29 is 105 Å². The fraction of sp³-hybridized carbons (Fsp3) is 0.250. The number of hydrogen-bond donors (Lipinski definition) is 0. The number of benzene rings is 3. The van der Waals surface area contributed by atoms with E-state index < -0.39 is 191 Å². The average molecular weight is 886 g/mol. The van der Waals surface area contributed by atoms with Crippen molar-refractivity contribution in [3.63, 3.8) is 0 Å². The van der Waals surface area contributed by atoms with Crippen molar-refractivity contribution in [2.75, 3.05) is 0 Å². The van der Waals surface area contributed by atoms with Gasteiger partial charge in [0.1, 0.15) is 0 Å². The van der Waals surface area contributed by atoms with E-state index in [1.807, 2.05) is 0 Å². The molecule has 3 aromatic carbocycles. The monoisotopic (exact) mass is 886 g/mol. The van der Waals surface area contributed by atoms with Crippen molar-refractivity contribution in [1.29, 1.82) is 0 Å². The van der Waals surface area contributed by atoms with Crippen LogP contribution in [0.3, 0.4) is 0 Å². The molecule has 0 nitrogen and oxygen atoms in total. The summed E-state index contributed by atoms with van der Waals surface area (Å²) < 4.78 is 336. The standard InChI is InChI=1S/C32H14F24S/c1-14(4-15(26(36,37)38)2-3-25(33,34)35)57(22-8-16(27(39,40)41)5-17(9-22)28(42,43)44,23-10-18(29(45,46)47)6-19(11-23)30(48,49)50)24-12-20(31(51,52)53)7-21(13-24)32(54,55)56/h2-13H,1H2/b3-2+,15-4+. The van der Waals surface area contributed by atoms with Gasteiger partial charge in [-0.05, 0) is 71.7 Å². The van der Waals surface area contributed by atoms with Crippen molar-refractivity contribution >= 4 is 10.0 Å². The van der Waals surface area contributed by atoms with Crippen molar-refractivity contribution in [2.45, 2.75) is 64.1 Å². The first-order valence-electron chi connectivity index (χ1n) is 14.1. The summed E-state index contributed by atoms with van der Waals surface area (Å²) in [4.78, 5) is -8.51. The molecule has 0 saturated carbocycles. The second-order valence-corrected chi connectivity index (χ2v) is 14.4. The molecule has 0 bridgehead atoms. The van der Waals surface area contributed by atoms with Crippen LogP contribution in [0.4, 0.5) is 105 Å². The van der Waals surface area contributed by atoms with Crippen LogP contribution in [0, 0.1) is 0 Å². The molecule has 0 aliphatic rings. The molecule has 3 rings (SSSR count). The van der Waals surface area contributed by atoms with Crippen LogP contribution in [-0.2, 0) is 37.1 Å². The second kappa shape index (κ2) is 14.7. The van der Waals surface area contributed by atoms with Gasteiger partial charge in [-0.15, -0.1) is 10.0 Å². The molecule has 0 saturated heterocycles. The minimum atomic E-state index is -6.18. The van der Waals surface area contributed by atoms with E-state index in [2.05, 4.69) is 6.58 Å². The molecule has 0 radical (unpaired) electrons. The van der Waals surface area contributed by atoms with Crippen molar-refractivity contribution in [3.05, 3.63) is 123 Å². The highest BCUT2D eigenvalue weighted by atomic mass is 32.3. The molecule has 0 aromatic heterocycles. The normalized spacial score (nSPS) is 15.1. The Balaban J connectivity index is 3.01. The summed E-state index contributed by atoms with van der Waals surface area (Å²) in [6, 6.07) is -6.19. The Bertz CT molecular complexity index is 1760. The Hall–Kier alpha value is -4.45. The van der Waals surface area contributed by atoms with Gasteiger partial charge in [0.2, 0.25) is 0 Å². The lowest BCUT2D eigenvalue weighted by molar-refractivity contribution is -0.144. The third kappa shape index (κ3) is 10.9. The molecule has 3 aromatic rings. The lowest BCUT2D eigenvalue weighted by atomic mass is 10.1. The summed E-state index contributed by atoms with van der Waals surface area (Å²) in [5, 5.41) is 0. The van der Waals surface area contributed by atoms with Crippen molar-refractivity contribution in [1.82, 2.24) is 0 Å². The maximum absolute atomic E-state index is 14.2. The first-order chi connectivity index (χ1) is 25.2.